The van der Waals surface area contributed by atoms with Crippen LogP contribution in [0, 0.1) is 0 Å². The molecule has 0 saturated carbocycles. The van der Waals surface area contributed by atoms with Gasteiger partial charge in [0.05, 0.1) is 0 Å². The number of likely N-dealkylation sites (N-methyl/N-ethyl adjacent to an activating group) is 2. The lowest BCUT2D eigenvalue weighted by Crippen LogP contribution is -2.58. The van der Waals surface area contributed by atoms with Crippen molar-refractivity contribution in [1.82, 2.24) is 9.80 Å². The number of carbonyl (C=O) groups is 1. The van der Waals surface area contributed by atoms with Crippen molar-refractivity contribution >= 4 is 60.5 Å². The van der Waals surface area contributed by atoms with Gasteiger partial charge in [-0.05, 0) is 186 Å². The van der Waals surface area contributed by atoms with Gasteiger partial charge in [-0.2, -0.15) is 13.2 Å². The second-order valence-electron chi connectivity index (χ2n) is 19.3. The van der Waals surface area contributed by atoms with Crippen LogP contribution in [0.5, 0.6) is 11.5 Å². The molecular weight excluding hydrogens is 1030 g/mol. The van der Waals surface area contributed by atoms with Gasteiger partial charge in [0, 0.05) is 52.1 Å². The number of Topliss-reactive ketones (excluding diaryl/α,β-unsaturated/α-hetero) is 1. The van der Waals surface area contributed by atoms with Gasteiger partial charge in [0.1, 0.15) is 18.1 Å². The van der Waals surface area contributed by atoms with Crippen LogP contribution in [0.25, 0.3) is 0 Å². The van der Waals surface area contributed by atoms with E-state index in [4.69, 9.17) is 65.0 Å². The number of carbonyl (C=O) groups excluding carboxylic acids is 1. The first-order chi connectivity index (χ1) is 34.6. The Morgan fingerprint density at radius 1 is 0.548 bits per heavy atom. The van der Waals surface area contributed by atoms with Gasteiger partial charge in [-0.3, -0.25) is 4.79 Å². The molecule has 0 heterocycles. The molecule has 0 aromatic heterocycles. The van der Waals surface area contributed by atoms with Gasteiger partial charge in [-0.1, -0.05) is 119 Å². The minimum Gasteiger partial charge on any atom is -0.488 e. The van der Waals surface area contributed by atoms with E-state index >= 15 is 0 Å². The van der Waals surface area contributed by atoms with Crippen molar-refractivity contribution in [2.75, 3.05) is 60.6 Å². The third-order valence-corrected chi connectivity index (χ3v) is 14.0. The van der Waals surface area contributed by atoms with Crippen molar-refractivity contribution in [2.24, 2.45) is 0 Å². The first kappa shape index (κ1) is 59.5. The van der Waals surface area contributed by atoms with E-state index < -0.39 is 26.9 Å². The predicted molar refractivity (Wildman–Crippen MR) is 296 cm³/mol. The number of hydrogen-bond donors (Lipinski definition) is 0. The highest BCUT2D eigenvalue weighted by Crippen LogP contribution is 2.38. The van der Waals surface area contributed by atoms with E-state index in [9.17, 15) is 18.0 Å². The summed E-state index contributed by atoms with van der Waals surface area (Å²) in [7, 11) is 2.66. The number of ketones is 1. The SMILES string of the molecule is CC(=O)COc1ccc(CCCN(C)CC(c2ccc(Cl)cc2)c2ccc(Cl)cc2)cc1.COC(COc1ccc(CCCN(C)CC(c2ccc(Cl)cc2)c2ccc(Cl)cc2)cc1)(O[Si](C)(C)C)C(F)(F)F. The molecule has 0 aliphatic rings. The molecule has 73 heavy (non-hydrogen) atoms. The predicted octanol–water partition coefficient (Wildman–Crippen LogP) is 15.5. The molecule has 7 nitrogen and oxygen atoms in total. The second kappa shape index (κ2) is 28.5. The summed E-state index contributed by atoms with van der Waals surface area (Å²) in [4.78, 5) is 15.7. The number of halogens is 7. The molecule has 0 radical (unpaired) electrons. The molecule has 0 fully saturated rings. The largest absolute Gasteiger partial charge is 0.488 e. The highest BCUT2D eigenvalue weighted by atomic mass is 35.5. The molecule has 6 rings (SSSR count). The van der Waals surface area contributed by atoms with E-state index in [-0.39, 0.29) is 24.2 Å². The molecule has 15 heteroatoms. The van der Waals surface area contributed by atoms with Crippen molar-refractivity contribution < 1.29 is 36.6 Å². The fourth-order valence-electron chi connectivity index (χ4n) is 8.25. The fraction of sp³-hybridized carbons (Fsp3) is 0.362. The summed E-state index contributed by atoms with van der Waals surface area (Å²) in [5.41, 5.74) is 7.18. The molecule has 392 valence electrons. The minimum absolute atomic E-state index is 0.0209. The van der Waals surface area contributed by atoms with Gasteiger partial charge in [-0.25, -0.2) is 0 Å². The molecule has 1 unspecified atom stereocenters. The number of hydrogen-bond acceptors (Lipinski definition) is 7. The van der Waals surface area contributed by atoms with E-state index in [1.807, 2.05) is 72.8 Å². The Labute approximate surface area is 451 Å². The Morgan fingerprint density at radius 3 is 1.16 bits per heavy atom. The highest BCUT2D eigenvalue weighted by molar-refractivity contribution is 6.69. The standard InChI is InChI=1S/C31H38Cl2F3NO3Si.C27H29Cl2NO2/c1-37(21-29(24-10-14-26(32)15-11-24)25-12-16-27(33)17-13-25)20-6-7-23-8-18-28(19-9-23)39-22-30(38-2,31(34,35)36)40-41(3,4)5;1-20(31)19-32-26-15-5-21(6-16-26)4-3-17-30(2)18-27(22-7-11-24(28)12-8-22)23-9-13-25(29)14-10-23/h8-19,29H,6-7,20-22H2,1-5H3;5-16,27H,3-4,17-19H2,1-2H3. The maximum Gasteiger partial charge on any atom is 0.446 e. The molecule has 0 spiro atoms. The lowest BCUT2D eigenvalue weighted by molar-refractivity contribution is -0.355. The van der Waals surface area contributed by atoms with Crippen molar-refractivity contribution in [1.29, 1.82) is 0 Å². The summed E-state index contributed by atoms with van der Waals surface area (Å²) in [5, 5.41) is 2.89. The smallest absolute Gasteiger partial charge is 0.446 e. The molecule has 6 aromatic rings. The van der Waals surface area contributed by atoms with Crippen molar-refractivity contribution in [2.45, 2.75) is 76.0 Å². The molecule has 0 aliphatic heterocycles. The summed E-state index contributed by atoms with van der Waals surface area (Å²) in [6.45, 7) is 9.45. The third kappa shape index (κ3) is 20.0. The molecule has 0 N–H and O–H groups in total. The Kier molecular flexibility index (Phi) is 23.2. The van der Waals surface area contributed by atoms with Crippen LogP contribution in [0.15, 0.2) is 146 Å². The van der Waals surface area contributed by atoms with Gasteiger partial charge in [-0.15, -0.1) is 0 Å². The van der Waals surface area contributed by atoms with Gasteiger partial charge in [0.25, 0.3) is 5.79 Å². The molecule has 0 saturated heterocycles. The molecule has 0 aliphatic carbocycles. The Morgan fingerprint density at radius 2 is 0.877 bits per heavy atom. The van der Waals surface area contributed by atoms with E-state index in [1.54, 1.807) is 31.8 Å². The summed E-state index contributed by atoms with van der Waals surface area (Å²) < 4.78 is 62.8. The number of nitrogens with zero attached hydrogens (tertiary/aromatic N) is 2. The topological polar surface area (TPSA) is 60.5 Å². The third-order valence-electron chi connectivity index (χ3n) is 12.0. The number of rotatable bonds is 25. The lowest BCUT2D eigenvalue weighted by Gasteiger charge is -2.38. The van der Waals surface area contributed by atoms with Crippen molar-refractivity contribution in [3.63, 3.8) is 0 Å². The number of ether oxygens (including phenoxy) is 3. The van der Waals surface area contributed by atoms with Gasteiger partial charge < -0.3 is 28.4 Å². The molecule has 6 aromatic carbocycles. The quantitative estimate of drug-likeness (QED) is 0.0418. The van der Waals surface area contributed by atoms with Crippen LogP contribution in [0.1, 0.15) is 65.0 Å². The summed E-state index contributed by atoms with van der Waals surface area (Å²) in [6, 6.07) is 47.2. The molecule has 1 atom stereocenters. The second-order valence-corrected chi connectivity index (χ2v) is 25.5. The first-order valence-electron chi connectivity index (χ1n) is 24.3. The zero-order valence-corrected chi connectivity index (χ0v) is 46.7. The Hall–Kier alpha value is -4.40. The average molecular weight is 1100 g/mol. The van der Waals surface area contributed by atoms with E-state index in [1.165, 1.54) is 34.7 Å². The van der Waals surface area contributed by atoms with Crippen molar-refractivity contribution in [3.8, 4) is 11.5 Å². The van der Waals surface area contributed by atoms with Gasteiger partial charge >= 0.3 is 6.18 Å². The van der Waals surface area contributed by atoms with E-state index in [2.05, 4.69) is 84.6 Å². The highest BCUT2D eigenvalue weighted by Gasteiger charge is 2.60. The van der Waals surface area contributed by atoms with Crippen LogP contribution in [0.3, 0.4) is 0 Å². The lowest BCUT2D eigenvalue weighted by atomic mass is 9.91. The molecule has 0 amide bonds. The Balaban J connectivity index is 0.000000279. The summed E-state index contributed by atoms with van der Waals surface area (Å²) in [5.74, 6) is -1.33. The summed E-state index contributed by atoms with van der Waals surface area (Å²) >= 11 is 24.5. The fourth-order valence-corrected chi connectivity index (χ4v) is 10.00. The van der Waals surface area contributed by atoms with E-state index in [0.717, 1.165) is 80.3 Å². The maximum absolute atomic E-state index is 13.9. The molecule has 0 bridgehead atoms. The number of methoxy groups -OCH3 is 1. The van der Waals surface area contributed by atoms with Crippen LogP contribution < -0.4 is 9.47 Å². The number of alkyl halides is 3. The zero-order chi connectivity index (χ0) is 53.2. The van der Waals surface area contributed by atoms with Gasteiger partial charge in [0.15, 0.2) is 20.7 Å². The van der Waals surface area contributed by atoms with Crippen LogP contribution in [-0.4, -0.2) is 96.5 Å². The zero-order valence-electron chi connectivity index (χ0n) is 42.7. The van der Waals surface area contributed by atoms with Crippen LogP contribution in [0.4, 0.5) is 13.2 Å². The molecular formula is C58H67Cl4F3N2O5Si. The average Bonchev–Trinajstić information content (AvgIpc) is 3.35. The van der Waals surface area contributed by atoms with Crippen molar-refractivity contribution in [3.05, 3.63) is 199 Å². The van der Waals surface area contributed by atoms with Crippen LogP contribution in [-0.2, 0) is 26.8 Å². The van der Waals surface area contributed by atoms with E-state index in [0.29, 0.717) is 15.8 Å². The van der Waals surface area contributed by atoms with Crippen LogP contribution >= 0.6 is 46.4 Å². The monoisotopic (exact) mass is 1100 g/mol. The number of aryl methyl sites for hydroxylation is 2. The normalized spacial score (nSPS) is 12.7. The summed E-state index contributed by atoms with van der Waals surface area (Å²) in [6.07, 6.45) is -0.966. The Bertz CT molecular complexity index is 2480. The first-order valence-corrected chi connectivity index (χ1v) is 29.2. The number of benzene rings is 6. The van der Waals surface area contributed by atoms with Crippen LogP contribution in [0.2, 0.25) is 39.7 Å². The maximum atomic E-state index is 13.9. The van der Waals surface area contributed by atoms with Gasteiger partial charge in [0.2, 0.25) is 0 Å². The minimum atomic E-state index is -4.74.